The molecule has 116 valence electrons. The van der Waals surface area contributed by atoms with E-state index in [1.807, 2.05) is 13.8 Å². The van der Waals surface area contributed by atoms with Gasteiger partial charge < -0.3 is 5.32 Å². The van der Waals surface area contributed by atoms with E-state index >= 15 is 0 Å². The number of aromatic nitrogens is 3. The molecule has 0 unspecified atom stereocenters. The van der Waals surface area contributed by atoms with Gasteiger partial charge in [-0.05, 0) is 19.5 Å². The van der Waals surface area contributed by atoms with E-state index in [0.29, 0.717) is 18.0 Å². The predicted octanol–water partition coefficient (Wildman–Crippen LogP) is 0.736. The molecule has 0 spiro atoms. The number of rotatable bonds is 8. The van der Waals surface area contributed by atoms with Crippen LogP contribution in [0.5, 0.6) is 0 Å². The molecule has 0 saturated heterocycles. The molecule has 21 heavy (non-hydrogen) atoms. The van der Waals surface area contributed by atoms with Crippen LogP contribution in [-0.4, -0.2) is 36.5 Å². The zero-order valence-corrected chi connectivity index (χ0v) is 13.7. The van der Waals surface area contributed by atoms with E-state index in [1.165, 1.54) is 11.3 Å². The first-order chi connectivity index (χ1) is 10.0. The normalized spacial score (nSPS) is 11.9. The Morgan fingerprint density at radius 2 is 2.24 bits per heavy atom. The lowest BCUT2D eigenvalue weighted by Crippen LogP contribution is -2.27. The number of sulfonamides is 1. The number of nitrogens with zero attached hydrogens (tertiary/aromatic N) is 3. The summed E-state index contributed by atoms with van der Waals surface area (Å²) in [5.41, 5.74) is 0. The van der Waals surface area contributed by atoms with E-state index in [2.05, 4.69) is 20.4 Å². The lowest BCUT2D eigenvalue weighted by molar-refractivity contribution is 0.552. The molecule has 9 heteroatoms. The third kappa shape index (κ3) is 4.34. The van der Waals surface area contributed by atoms with Crippen molar-refractivity contribution in [1.29, 1.82) is 0 Å². The van der Waals surface area contributed by atoms with Crippen molar-refractivity contribution in [2.24, 2.45) is 0 Å². The van der Waals surface area contributed by atoms with Gasteiger partial charge in [-0.15, -0.1) is 16.4 Å². The molecule has 0 saturated carbocycles. The molecule has 0 atom stereocenters. The number of thiophene rings is 1. The molecule has 0 amide bonds. The van der Waals surface area contributed by atoms with Crippen LogP contribution in [0.25, 0.3) is 0 Å². The van der Waals surface area contributed by atoms with Crippen LogP contribution in [0.2, 0.25) is 0 Å². The van der Waals surface area contributed by atoms with Crippen molar-refractivity contribution in [1.82, 2.24) is 25.0 Å². The Kier molecular flexibility index (Phi) is 5.45. The average molecular weight is 329 g/mol. The van der Waals surface area contributed by atoms with Crippen LogP contribution in [0.15, 0.2) is 23.4 Å². The van der Waals surface area contributed by atoms with E-state index in [0.717, 1.165) is 16.3 Å². The van der Waals surface area contributed by atoms with Crippen LogP contribution in [-0.2, 0) is 23.1 Å². The van der Waals surface area contributed by atoms with Gasteiger partial charge in [0, 0.05) is 29.0 Å². The summed E-state index contributed by atoms with van der Waals surface area (Å²) >= 11 is 1.50. The van der Waals surface area contributed by atoms with Gasteiger partial charge in [0.1, 0.15) is 0 Å². The molecule has 0 radical (unpaired) electrons. The van der Waals surface area contributed by atoms with E-state index in [4.69, 9.17) is 0 Å². The second-order valence-corrected chi connectivity index (χ2v) is 7.55. The molecular formula is C12H19N5O2S2. The first-order valence-corrected chi connectivity index (χ1v) is 8.96. The number of nitrogens with one attached hydrogen (secondary N) is 2. The third-order valence-corrected chi connectivity index (χ3v) is 5.63. The zero-order chi connectivity index (χ0) is 15.3. The highest BCUT2D eigenvalue weighted by molar-refractivity contribution is 7.89. The van der Waals surface area contributed by atoms with Gasteiger partial charge >= 0.3 is 0 Å². The summed E-state index contributed by atoms with van der Waals surface area (Å²) in [5.74, 6) is 0. The minimum absolute atomic E-state index is 0.281. The maximum atomic E-state index is 12.3. The Morgan fingerprint density at radius 3 is 2.90 bits per heavy atom. The Bertz CT molecular complexity index is 664. The molecule has 2 heterocycles. The molecule has 2 rings (SSSR count). The van der Waals surface area contributed by atoms with Gasteiger partial charge in [-0.3, -0.25) is 4.68 Å². The fraction of sp³-hybridized carbons (Fsp3) is 0.500. The maximum Gasteiger partial charge on any atom is 0.241 e. The highest BCUT2D eigenvalue weighted by Crippen LogP contribution is 2.25. The summed E-state index contributed by atoms with van der Waals surface area (Å²) in [5, 5.41) is 10.7. The van der Waals surface area contributed by atoms with Crippen molar-refractivity contribution < 1.29 is 8.42 Å². The van der Waals surface area contributed by atoms with Crippen molar-refractivity contribution in [2.75, 3.05) is 13.1 Å². The molecule has 0 aliphatic carbocycles. The quantitative estimate of drug-likeness (QED) is 0.745. The third-order valence-electron chi connectivity index (χ3n) is 2.87. The van der Waals surface area contributed by atoms with Gasteiger partial charge in [-0.1, -0.05) is 12.1 Å². The van der Waals surface area contributed by atoms with Crippen LogP contribution in [0, 0.1) is 6.92 Å². The first-order valence-electron chi connectivity index (χ1n) is 6.66. The highest BCUT2D eigenvalue weighted by atomic mass is 32.2. The fourth-order valence-electron chi connectivity index (χ4n) is 1.85. The van der Waals surface area contributed by atoms with Gasteiger partial charge in [-0.25, -0.2) is 13.1 Å². The highest BCUT2D eigenvalue weighted by Gasteiger charge is 2.19. The molecule has 2 aromatic rings. The molecule has 2 N–H and O–H groups in total. The average Bonchev–Trinajstić information content (AvgIpc) is 3.06. The van der Waals surface area contributed by atoms with E-state index < -0.39 is 10.0 Å². The molecule has 2 aromatic heterocycles. The number of hydrogen-bond donors (Lipinski definition) is 2. The summed E-state index contributed by atoms with van der Waals surface area (Å²) in [7, 11) is -3.48. The Hall–Kier alpha value is -1.29. The van der Waals surface area contributed by atoms with Crippen molar-refractivity contribution >= 4 is 21.4 Å². The summed E-state index contributed by atoms with van der Waals surface area (Å²) in [4.78, 5) is 2.18. The van der Waals surface area contributed by atoms with Gasteiger partial charge in [0.2, 0.25) is 10.0 Å². The van der Waals surface area contributed by atoms with Crippen LogP contribution in [0.4, 0.5) is 0 Å². The van der Waals surface area contributed by atoms with Gasteiger partial charge in [-0.2, -0.15) is 0 Å². The SMILES string of the molecule is CCNCc1cc(S(=O)(=O)NCCn2ccnn2)c(C)s1. The lowest BCUT2D eigenvalue weighted by atomic mass is 10.4. The van der Waals surface area contributed by atoms with Gasteiger partial charge in [0.15, 0.2) is 0 Å². The number of hydrogen-bond acceptors (Lipinski definition) is 6. The predicted molar refractivity (Wildman–Crippen MR) is 81.6 cm³/mol. The van der Waals surface area contributed by atoms with E-state index in [-0.39, 0.29) is 6.54 Å². The second kappa shape index (κ2) is 7.12. The van der Waals surface area contributed by atoms with Crippen molar-refractivity contribution in [3.8, 4) is 0 Å². The van der Waals surface area contributed by atoms with Crippen LogP contribution < -0.4 is 10.0 Å². The summed E-state index contributed by atoms with van der Waals surface area (Å²) in [6.07, 6.45) is 3.25. The Balaban J connectivity index is 1.99. The van der Waals surface area contributed by atoms with Crippen molar-refractivity contribution in [3.05, 3.63) is 28.2 Å². The lowest BCUT2D eigenvalue weighted by Gasteiger charge is -2.05. The molecule has 0 bridgehead atoms. The van der Waals surface area contributed by atoms with Crippen molar-refractivity contribution in [3.63, 3.8) is 0 Å². The zero-order valence-electron chi connectivity index (χ0n) is 12.0. The Morgan fingerprint density at radius 1 is 1.43 bits per heavy atom. The largest absolute Gasteiger partial charge is 0.312 e. The monoisotopic (exact) mass is 329 g/mol. The molecule has 0 fully saturated rings. The summed E-state index contributed by atoms with van der Waals surface area (Å²) in [6, 6.07) is 1.74. The first kappa shape index (κ1) is 16.1. The van der Waals surface area contributed by atoms with Gasteiger partial charge in [0.25, 0.3) is 0 Å². The minimum atomic E-state index is -3.48. The number of aryl methyl sites for hydroxylation is 1. The van der Waals surface area contributed by atoms with Crippen LogP contribution >= 0.6 is 11.3 Å². The van der Waals surface area contributed by atoms with Crippen LogP contribution in [0.3, 0.4) is 0 Å². The minimum Gasteiger partial charge on any atom is -0.312 e. The molecule has 0 aliphatic heterocycles. The van der Waals surface area contributed by atoms with E-state index in [9.17, 15) is 8.42 Å². The second-order valence-electron chi connectivity index (χ2n) is 4.48. The molecule has 0 aromatic carbocycles. The molecular weight excluding hydrogens is 310 g/mol. The van der Waals surface area contributed by atoms with Crippen LogP contribution in [0.1, 0.15) is 16.7 Å². The topological polar surface area (TPSA) is 88.9 Å². The standard InChI is InChI=1S/C12H19N5O2S2/c1-3-13-9-11-8-12(10(2)20-11)21(18,19)15-5-7-17-6-4-14-16-17/h4,6,8,13,15H,3,5,7,9H2,1-2H3. The molecule has 0 aliphatic rings. The smallest absolute Gasteiger partial charge is 0.241 e. The Labute approximate surface area is 128 Å². The van der Waals surface area contributed by atoms with Crippen molar-refractivity contribution in [2.45, 2.75) is 31.8 Å². The van der Waals surface area contributed by atoms with E-state index in [1.54, 1.807) is 23.1 Å². The van der Waals surface area contributed by atoms with Gasteiger partial charge in [0.05, 0.1) is 17.6 Å². The molecule has 7 nitrogen and oxygen atoms in total. The fourth-order valence-corrected chi connectivity index (χ4v) is 4.47. The summed E-state index contributed by atoms with van der Waals surface area (Å²) < 4.78 is 28.8. The maximum absolute atomic E-state index is 12.3. The summed E-state index contributed by atoms with van der Waals surface area (Å²) in [6.45, 7) is 6.12.